The highest BCUT2D eigenvalue weighted by Gasteiger charge is 2.12. The molecule has 0 spiro atoms. The van der Waals surface area contributed by atoms with Gasteiger partial charge in [-0.15, -0.1) is 0 Å². The third-order valence-corrected chi connectivity index (χ3v) is 5.50. The Morgan fingerprint density at radius 2 is 1.88 bits per heavy atom. The predicted octanol–water partition coefficient (Wildman–Crippen LogP) is 4.57. The topological polar surface area (TPSA) is 89.0 Å². The van der Waals surface area contributed by atoms with Gasteiger partial charge in [0.05, 0.1) is 12.7 Å². The van der Waals surface area contributed by atoms with Crippen LogP contribution >= 0.6 is 11.6 Å². The number of hydrogen-bond donors (Lipinski definition) is 2. The maximum Gasteiger partial charge on any atom is 0.306 e. The summed E-state index contributed by atoms with van der Waals surface area (Å²) in [7, 11) is 0. The van der Waals surface area contributed by atoms with E-state index in [1.165, 1.54) is 0 Å². The lowest BCUT2D eigenvalue weighted by Crippen LogP contribution is -2.22. The van der Waals surface area contributed by atoms with Gasteiger partial charge in [-0.3, -0.25) is 9.59 Å². The number of benzene rings is 2. The van der Waals surface area contributed by atoms with E-state index in [1.54, 1.807) is 23.0 Å². The molecular formula is C24H23ClN4O3. The molecule has 2 heterocycles. The molecule has 2 aromatic carbocycles. The van der Waals surface area contributed by atoms with E-state index >= 15 is 0 Å². The molecule has 0 bridgehead atoms. The molecule has 164 valence electrons. The minimum absolute atomic E-state index is 0.247. The van der Waals surface area contributed by atoms with Crippen LogP contribution in [0.4, 0.5) is 5.82 Å². The third kappa shape index (κ3) is 5.36. The van der Waals surface area contributed by atoms with Crippen molar-refractivity contribution in [2.24, 2.45) is 0 Å². The van der Waals surface area contributed by atoms with Gasteiger partial charge in [0.2, 0.25) is 0 Å². The maximum absolute atomic E-state index is 12.2. The van der Waals surface area contributed by atoms with Gasteiger partial charge in [0.1, 0.15) is 5.82 Å². The number of rotatable bonds is 9. The van der Waals surface area contributed by atoms with E-state index in [-0.39, 0.29) is 13.0 Å². The first-order valence-electron chi connectivity index (χ1n) is 10.4. The summed E-state index contributed by atoms with van der Waals surface area (Å²) in [5, 5.41) is 8.73. The van der Waals surface area contributed by atoms with Crippen molar-refractivity contribution in [2.75, 3.05) is 11.9 Å². The van der Waals surface area contributed by atoms with Crippen LogP contribution in [0, 0.1) is 0 Å². The monoisotopic (exact) mass is 450 g/mol. The molecule has 32 heavy (non-hydrogen) atoms. The largest absolute Gasteiger partial charge is 0.456 e. The number of anilines is 1. The van der Waals surface area contributed by atoms with Crippen LogP contribution in [0.3, 0.4) is 0 Å². The highest BCUT2D eigenvalue weighted by Crippen LogP contribution is 2.20. The number of halogens is 1. The van der Waals surface area contributed by atoms with E-state index in [4.69, 9.17) is 16.3 Å². The number of esters is 1. The van der Waals surface area contributed by atoms with E-state index in [1.807, 2.05) is 42.6 Å². The van der Waals surface area contributed by atoms with Crippen LogP contribution in [0.5, 0.6) is 0 Å². The first-order chi connectivity index (χ1) is 15.6. The molecular weight excluding hydrogens is 428 g/mol. The van der Waals surface area contributed by atoms with Crippen molar-refractivity contribution in [3.63, 3.8) is 0 Å². The summed E-state index contributed by atoms with van der Waals surface area (Å²) in [5.74, 6) is -0.314. The Labute approximate surface area is 190 Å². The number of carbonyl (C=O) groups excluding carboxylic acids is 2. The van der Waals surface area contributed by atoms with Crippen molar-refractivity contribution in [1.29, 1.82) is 0 Å². The highest BCUT2D eigenvalue weighted by atomic mass is 35.5. The molecule has 2 N–H and O–H groups in total. The number of aryl methyl sites for hydroxylation is 1. The summed E-state index contributed by atoms with van der Waals surface area (Å²) < 4.78 is 6.75. The molecule has 0 aliphatic heterocycles. The Kier molecular flexibility index (Phi) is 6.87. The van der Waals surface area contributed by atoms with Crippen molar-refractivity contribution < 1.29 is 14.3 Å². The van der Waals surface area contributed by atoms with E-state index in [9.17, 15) is 9.59 Å². The molecule has 4 rings (SSSR count). The maximum atomic E-state index is 12.2. The minimum Gasteiger partial charge on any atom is -0.456 e. The Morgan fingerprint density at radius 3 is 2.75 bits per heavy atom. The van der Waals surface area contributed by atoms with Crippen molar-refractivity contribution in [3.05, 3.63) is 83.1 Å². The van der Waals surface area contributed by atoms with Gasteiger partial charge in [0.15, 0.2) is 6.61 Å². The third-order valence-electron chi connectivity index (χ3n) is 5.13. The molecule has 0 fully saturated rings. The van der Waals surface area contributed by atoms with Crippen LogP contribution in [0.15, 0.2) is 67.0 Å². The van der Waals surface area contributed by atoms with Gasteiger partial charge in [-0.05, 0) is 36.1 Å². The SMILES string of the molecule is O=C(COC(=O)CCCc1c[nH]c2ccccc12)Nc1ccnn1Cc1ccccc1Cl. The van der Waals surface area contributed by atoms with Gasteiger partial charge in [-0.25, -0.2) is 4.68 Å². The average Bonchev–Trinajstić information content (AvgIpc) is 3.41. The fourth-order valence-corrected chi connectivity index (χ4v) is 3.71. The van der Waals surface area contributed by atoms with Crippen molar-refractivity contribution in [2.45, 2.75) is 25.8 Å². The van der Waals surface area contributed by atoms with E-state index in [0.29, 0.717) is 23.8 Å². The van der Waals surface area contributed by atoms with Gasteiger partial charge in [0, 0.05) is 34.6 Å². The number of hydrogen-bond acceptors (Lipinski definition) is 4. The van der Waals surface area contributed by atoms with Crippen LogP contribution in [0.2, 0.25) is 5.02 Å². The number of amides is 1. The number of aromatic amines is 1. The average molecular weight is 451 g/mol. The molecule has 0 aliphatic rings. The van der Waals surface area contributed by atoms with E-state index in [0.717, 1.165) is 28.5 Å². The standard InChI is InChI=1S/C24H23ClN4O3/c25-20-9-3-1-6-18(20)15-29-22(12-13-27-29)28-23(30)16-32-24(31)11-5-7-17-14-26-21-10-4-2-8-19(17)21/h1-4,6,8-10,12-14,26H,5,7,11,15-16H2,(H,28,30). The summed E-state index contributed by atoms with van der Waals surface area (Å²) in [5.41, 5.74) is 3.13. The lowest BCUT2D eigenvalue weighted by atomic mass is 10.1. The highest BCUT2D eigenvalue weighted by molar-refractivity contribution is 6.31. The van der Waals surface area contributed by atoms with Crippen LogP contribution in [-0.2, 0) is 27.3 Å². The molecule has 1 amide bonds. The summed E-state index contributed by atoms with van der Waals surface area (Å²) in [6.45, 7) is 0.0686. The number of fused-ring (bicyclic) bond motifs is 1. The fraction of sp³-hybridized carbons (Fsp3) is 0.208. The Morgan fingerprint density at radius 1 is 1.06 bits per heavy atom. The molecule has 0 atom stereocenters. The summed E-state index contributed by atoms with van der Waals surface area (Å²) in [6, 6.07) is 17.2. The normalized spacial score (nSPS) is 10.9. The van der Waals surface area contributed by atoms with Crippen molar-refractivity contribution in [3.8, 4) is 0 Å². The van der Waals surface area contributed by atoms with Crippen molar-refractivity contribution >= 4 is 40.2 Å². The van der Waals surface area contributed by atoms with Crippen molar-refractivity contribution in [1.82, 2.24) is 14.8 Å². The van der Waals surface area contributed by atoms with Crippen LogP contribution in [-0.4, -0.2) is 33.2 Å². The lowest BCUT2D eigenvalue weighted by Gasteiger charge is -2.10. The first-order valence-corrected chi connectivity index (χ1v) is 10.7. The first kappa shape index (κ1) is 21.6. The number of nitrogens with zero attached hydrogens (tertiary/aromatic N) is 2. The Bertz CT molecular complexity index is 1230. The number of para-hydroxylation sites is 1. The molecule has 2 aromatic heterocycles. The Balaban J connectivity index is 1.22. The number of ether oxygens (including phenoxy) is 1. The predicted molar refractivity (Wildman–Crippen MR) is 124 cm³/mol. The smallest absolute Gasteiger partial charge is 0.306 e. The fourth-order valence-electron chi connectivity index (χ4n) is 3.51. The molecule has 0 saturated carbocycles. The number of aromatic nitrogens is 3. The zero-order valence-corrected chi connectivity index (χ0v) is 18.1. The van der Waals surface area contributed by atoms with Crippen LogP contribution < -0.4 is 5.32 Å². The summed E-state index contributed by atoms with van der Waals surface area (Å²) in [4.78, 5) is 27.5. The molecule has 0 aliphatic carbocycles. The number of nitrogens with one attached hydrogen (secondary N) is 2. The molecule has 4 aromatic rings. The minimum atomic E-state index is -0.420. The van der Waals surface area contributed by atoms with Crippen LogP contribution in [0.1, 0.15) is 24.0 Å². The molecule has 7 nitrogen and oxygen atoms in total. The van der Waals surface area contributed by atoms with Gasteiger partial charge in [-0.2, -0.15) is 5.10 Å². The molecule has 0 saturated heterocycles. The second-order valence-electron chi connectivity index (χ2n) is 7.39. The zero-order chi connectivity index (χ0) is 22.3. The molecule has 0 radical (unpaired) electrons. The second kappa shape index (κ2) is 10.2. The van der Waals surface area contributed by atoms with Gasteiger partial charge < -0.3 is 15.0 Å². The Hall–Kier alpha value is -3.58. The zero-order valence-electron chi connectivity index (χ0n) is 17.4. The molecule has 0 unspecified atom stereocenters. The molecule has 8 heteroatoms. The van der Waals surface area contributed by atoms with E-state index < -0.39 is 11.9 Å². The van der Waals surface area contributed by atoms with Gasteiger partial charge >= 0.3 is 5.97 Å². The van der Waals surface area contributed by atoms with Crippen LogP contribution in [0.25, 0.3) is 10.9 Å². The summed E-state index contributed by atoms with van der Waals surface area (Å²) >= 11 is 6.20. The lowest BCUT2D eigenvalue weighted by molar-refractivity contribution is -0.147. The van der Waals surface area contributed by atoms with E-state index in [2.05, 4.69) is 21.5 Å². The number of carbonyl (C=O) groups is 2. The van der Waals surface area contributed by atoms with Gasteiger partial charge in [-0.1, -0.05) is 48.0 Å². The van der Waals surface area contributed by atoms with Gasteiger partial charge in [0.25, 0.3) is 5.91 Å². The second-order valence-corrected chi connectivity index (χ2v) is 7.79. The quantitative estimate of drug-likeness (QED) is 0.365. The summed E-state index contributed by atoms with van der Waals surface area (Å²) in [6.07, 6.45) is 5.20. The number of H-pyrrole nitrogens is 1.